The quantitative estimate of drug-likeness (QED) is 0.671. The predicted octanol–water partition coefficient (Wildman–Crippen LogP) is 3.78. The van der Waals surface area contributed by atoms with Crippen molar-refractivity contribution in [2.45, 2.75) is 32.6 Å². The SMILES string of the molecule is CCc1ccc(-n2nc(C)c3c2NC(=O)CC3C(=O)c2ccc3c(c2)OCO3)cc1. The van der Waals surface area contributed by atoms with Crippen LogP contribution in [0.4, 0.5) is 5.82 Å². The van der Waals surface area contributed by atoms with Crippen molar-refractivity contribution in [3.8, 4) is 17.2 Å². The Hall–Kier alpha value is -3.61. The molecular weight excluding hydrogens is 382 g/mol. The molecule has 0 spiro atoms. The molecule has 3 aromatic rings. The standard InChI is InChI=1S/C23H21N3O4/c1-3-14-4-7-16(8-5-14)26-23-21(13(2)25-26)17(11-20(27)24-23)22(28)15-6-9-18-19(10-15)30-12-29-18/h4-10,17H,3,11-12H2,1-2H3,(H,24,27). The first-order valence-corrected chi connectivity index (χ1v) is 9.97. The van der Waals surface area contributed by atoms with Gasteiger partial charge in [0.05, 0.1) is 17.3 Å². The van der Waals surface area contributed by atoms with Crippen molar-refractivity contribution >= 4 is 17.5 Å². The van der Waals surface area contributed by atoms with Crippen LogP contribution < -0.4 is 14.8 Å². The maximum Gasteiger partial charge on any atom is 0.231 e. The minimum Gasteiger partial charge on any atom is -0.454 e. The number of ether oxygens (including phenoxy) is 2. The normalized spacial score (nSPS) is 16.9. The van der Waals surface area contributed by atoms with Crippen molar-refractivity contribution < 1.29 is 19.1 Å². The van der Waals surface area contributed by atoms with Gasteiger partial charge in [0.25, 0.3) is 0 Å². The number of fused-ring (bicyclic) bond motifs is 2. The van der Waals surface area contributed by atoms with E-state index < -0.39 is 5.92 Å². The minimum atomic E-state index is -0.599. The molecule has 0 bridgehead atoms. The lowest BCUT2D eigenvalue weighted by molar-refractivity contribution is -0.116. The number of amides is 1. The molecule has 0 saturated carbocycles. The molecule has 152 valence electrons. The lowest BCUT2D eigenvalue weighted by atomic mass is 9.85. The van der Waals surface area contributed by atoms with Gasteiger partial charge >= 0.3 is 0 Å². The number of nitrogens with one attached hydrogen (secondary N) is 1. The topological polar surface area (TPSA) is 82.5 Å². The molecule has 0 aliphatic carbocycles. The summed E-state index contributed by atoms with van der Waals surface area (Å²) in [7, 11) is 0. The molecular formula is C23H21N3O4. The molecule has 2 aromatic carbocycles. The van der Waals surface area contributed by atoms with Crippen LogP contribution in [0.3, 0.4) is 0 Å². The third-order valence-electron chi connectivity index (χ3n) is 5.67. The van der Waals surface area contributed by atoms with E-state index in [0.717, 1.165) is 23.4 Å². The van der Waals surface area contributed by atoms with Gasteiger partial charge in [0, 0.05) is 17.5 Å². The number of rotatable bonds is 4. The van der Waals surface area contributed by atoms with Gasteiger partial charge in [0.1, 0.15) is 5.82 Å². The van der Waals surface area contributed by atoms with Gasteiger partial charge in [-0.05, 0) is 49.2 Å². The van der Waals surface area contributed by atoms with E-state index in [4.69, 9.17) is 9.47 Å². The summed E-state index contributed by atoms with van der Waals surface area (Å²) < 4.78 is 12.4. The molecule has 7 nitrogen and oxygen atoms in total. The second kappa shape index (κ2) is 7.02. The average molecular weight is 403 g/mol. The highest BCUT2D eigenvalue weighted by Crippen LogP contribution is 2.40. The third kappa shape index (κ3) is 2.94. The van der Waals surface area contributed by atoms with E-state index in [1.165, 1.54) is 5.56 Å². The molecule has 3 heterocycles. The molecule has 0 saturated heterocycles. The average Bonchev–Trinajstić information content (AvgIpc) is 3.36. The number of carbonyl (C=O) groups is 2. The van der Waals surface area contributed by atoms with Crippen LogP contribution in [0.15, 0.2) is 42.5 Å². The largest absolute Gasteiger partial charge is 0.454 e. The number of carbonyl (C=O) groups excluding carboxylic acids is 2. The van der Waals surface area contributed by atoms with Crippen LogP contribution in [-0.4, -0.2) is 28.3 Å². The summed E-state index contributed by atoms with van der Waals surface area (Å²) in [5, 5.41) is 7.56. The van der Waals surface area contributed by atoms with E-state index in [0.29, 0.717) is 22.9 Å². The summed E-state index contributed by atoms with van der Waals surface area (Å²) in [5.74, 6) is 0.795. The van der Waals surface area contributed by atoms with Gasteiger partial charge in [0.15, 0.2) is 17.3 Å². The van der Waals surface area contributed by atoms with Gasteiger partial charge in [-0.2, -0.15) is 5.10 Å². The molecule has 5 rings (SSSR count). The molecule has 1 aromatic heterocycles. The van der Waals surface area contributed by atoms with Gasteiger partial charge in [0.2, 0.25) is 12.7 Å². The number of aromatic nitrogens is 2. The van der Waals surface area contributed by atoms with Crippen LogP contribution >= 0.6 is 0 Å². The first-order valence-electron chi connectivity index (χ1n) is 9.97. The number of ketones is 1. The number of hydrogen-bond donors (Lipinski definition) is 1. The number of hydrogen-bond acceptors (Lipinski definition) is 5. The Labute approximate surface area is 173 Å². The van der Waals surface area contributed by atoms with Crippen LogP contribution in [0.5, 0.6) is 11.5 Å². The maximum absolute atomic E-state index is 13.4. The molecule has 1 amide bonds. The molecule has 0 radical (unpaired) electrons. The molecule has 1 atom stereocenters. The number of anilines is 1. The Kier molecular flexibility index (Phi) is 4.31. The first-order chi connectivity index (χ1) is 14.5. The Morgan fingerprint density at radius 2 is 1.93 bits per heavy atom. The molecule has 7 heteroatoms. The van der Waals surface area contributed by atoms with E-state index in [1.54, 1.807) is 22.9 Å². The summed E-state index contributed by atoms with van der Waals surface area (Å²) in [6.45, 7) is 4.11. The molecule has 0 fully saturated rings. The minimum absolute atomic E-state index is 0.0849. The highest BCUT2D eigenvalue weighted by molar-refractivity contribution is 6.08. The highest BCUT2D eigenvalue weighted by atomic mass is 16.7. The van der Waals surface area contributed by atoms with Crippen molar-refractivity contribution in [1.82, 2.24) is 9.78 Å². The fraction of sp³-hybridized carbons (Fsp3) is 0.261. The summed E-state index contributed by atoms with van der Waals surface area (Å²) in [6.07, 6.45) is 1.03. The highest BCUT2D eigenvalue weighted by Gasteiger charge is 2.36. The maximum atomic E-state index is 13.4. The monoisotopic (exact) mass is 403 g/mol. The van der Waals surface area contributed by atoms with E-state index in [2.05, 4.69) is 17.3 Å². The Bertz CT molecular complexity index is 1160. The lowest BCUT2D eigenvalue weighted by Crippen LogP contribution is -2.28. The van der Waals surface area contributed by atoms with Crippen LogP contribution in [-0.2, 0) is 11.2 Å². The molecule has 30 heavy (non-hydrogen) atoms. The molecule has 1 N–H and O–H groups in total. The zero-order valence-corrected chi connectivity index (χ0v) is 16.8. The van der Waals surface area contributed by atoms with Gasteiger partial charge in [-0.15, -0.1) is 0 Å². The fourth-order valence-electron chi connectivity index (χ4n) is 4.08. The first kappa shape index (κ1) is 18.4. The second-order valence-electron chi connectivity index (χ2n) is 7.52. The van der Waals surface area contributed by atoms with Crippen molar-refractivity contribution in [2.75, 3.05) is 12.1 Å². The van der Waals surface area contributed by atoms with Crippen molar-refractivity contribution in [3.63, 3.8) is 0 Å². The molecule has 2 aliphatic rings. The van der Waals surface area contributed by atoms with Crippen molar-refractivity contribution in [3.05, 3.63) is 64.8 Å². The smallest absolute Gasteiger partial charge is 0.231 e. The summed E-state index contributed by atoms with van der Waals surface area (Å²) in [4.78, 5) is 25.9. The van der Waals surface area contributed by atoms with Crippen LogP contribution in [0.1, 0.15) is 46.4 Å². The Balaban J connectivity index is 1.56. The summed E-state index contributed by atoms with van der Waals surface area (Å²) in [6, 6.07) is 13.1. The zero-order chi connectivity index (χ0) is 20.8. The zero-order valence-electron chi connectivity index (χ0n) is 16.8. The second-order valence-corrected chi connectivity index (χ2v) is 7.52. The Morgan fingerprint density at radius 1 is 1.17 bits per heavy atom. The molecule has 2 aliphatic heterocycles. The summed E-state index contributed by atoms with van der Waals surface area (Å²) >= 11 is 0. The van der Waals surface area contributed by atoms with Gasteiger partial charge in [-0.1, -0.05) is 19.1 Å². The lowest BCUT2D eigenvalue weighted by Gasteiger charge is -2.23. The van der Waals surface area contributed by atoms with Gasteiger partial charge < -0.3 is 14.8 Å². The van der Waals surface area contributed by atoms with E-state index in [9.17, 15) is 9.59 Å². The number of nitrogens with zero attached hydrogens (tertiary/aromatic N) is 2. The van der Waals surface area contributed by atoms with Crippen LogP contribution in [0.25, 0.3) is 5.69 Å². The van der Waals surface area contributed by atoms with Gasteiger partial charge in [-0.25, -0.2) is 4.68 Å². The number of benzene rings is 2. The van der Waals surface area contributed by atoms with E-state index >= 15 is 0 Å². The number of aryl methyl sites for hydroxylation is 2. The fourth-order valence-corrected chi connectivity index (χ4v) is 4.08. The predicted molar refractivity (Wildman–Crippen MR) is 111 cm³/mol. The van der Waals surface area contributed by atoms with Crippen molar-refractivity contribution in [1.29, 1.82) is 0 Å². The van der Waals surface area contributed by atoms with E-state index in [1.807, 2.05) is 31.2 Å². The van der Waals surface area contributed by atoms with Crippen molar-refractivity contribution in [2.24, 2.45) is 0 Å². The molecule has 1 unspecified atom stereocenters. The van der Waals surface area contributed by atoms with E-state index in [-0.39, 0.29) is 24.9 Å². The Morgan fingerprint density at radius 3 is 2.70 bits per heavy atom. The number of Topliss-reactive ketones (excluding diaryl/α,β-unsaturated/α-hetero) is 1. The third-order valence-corrected chi connectivity index (χ3v) is 5.67. The van der Waals surface area contributed by atoms with Crippen LogP contribution in [0.2, 0.25) is 0 Å². The summed E-state index contributed by atoms with van der Waals surface area (Å²) in [5.41, 5.74) is 4.04. The van der Waals surface area contributed by atoms with Crippen LogP contribution in [0, 0.1) is 6.92 Å². The van der Waals surface area contributed by atoms with Gasteiger partial charge in [-0.3, -0.25) is 9.59 Å².